The number of carbonyl (C=O) groups excluding carboxylic acids is 2. The summed E-state index contributed by atoms with van der Waals surface area (Å²) in [6, 6.07) is 22.4. The van der Waals surface area contributed by atoms with Crippen LogP contribution in [0.2, 0.25) is 0 Å². The van der Waals surface area contributed by atoms with E-state index in [0.717, 1.165) is 30.7 Å². The first-order chi connectivity index (χ1) is 19.7. The number of nitrogens with one attached hydrogen (secondary N) is 1. The van der Waals surface area contributed by atoms with Crippen LogP contribution < -0.4 is 10.1 Å². The normalized spacial score (nSPS) is 15.9. The van der Waals surface area contributed by atoms with Crippen LogP contribution in [0.4, 0.5) is 5.69 Å². The van der Waals surface area contributed by atoms with Gasteiger partial charge in [-0.25, -0.2) is 0 Å². The van der Waals surface area contributed by atoms with Crippen LogP contribution in [-0.2, 0) is 16.8 Å². The smallest absolute Gasteiger partial charge is 0.241 e. The van der Waals surface area contributed by atoms with Gasteiger partial charge in [0.05, 0.1) is 19.6 Å². The van der Waals surface area contributed by atoms with E-state index in [9.17, 15) is 9.59 Å². The van der Waals surface area contributed by atoms with Gasteiger partial charge in [0, 0.05) is 28.9 Å². The van der Waals surface area contributed by atoms with E-state index in [1.165, 1.54) is 5.56 Å². The molecule has 1 amide bonds. The van der Waals surface area contributed by atoms with Crippen molar-refractivity contribution in [1.29, 1.82) is 0 Å². The van der Waals surface area contributed by atoms with Crippen molar-refractivity contribution in [2.24, 2.45) is 5.92 Å². The van der Waals surface area contributed by atoms with Crippen LogP contribution in [0.3, 0.4) is 0 Å². The Morgan fingerprint density at radius 2 is 1.78 bits per heavy atom. The minimum Gasteiger partial charge on any atom is -0.497 e. The van der Waals surface area contributed by atoms with E-state index in [1.54, 1.807) is 25.3 Å². The zero-order chi connectivity index (χ0) is 29.0. The Balaban J connectivity index is 1.19. The fourth-order valence-electron chi connectivity index (χ4n) is 5.05. The number of nitrogens with zero attached hydrogens (tertiary/aromatic N) is 3. The minimum absolute atomic E-state index is 0.0199. The number of amides is 1. The maximum Gasteiger partial charge on any atom is 0.241 e. The molecule has 212 valence electrons. The topological polar surface area (TPSA) is 97.6 Å². The van der Waals surface area contributed by atoms with Crippen molar-refractivity contribution in [2.75, 3.05) is 25.5 Å². The zero-order valence-corrected chi connectivity index (χ0v) is 24.0. The van der Waals surface area contributed by atoms with E-state index in [2.05, 4.69) is 41.1 Å². The summed E-state index contributed by atoms with van der Waals surface area (Å²) < 4.78 is 10.7. The standard InChI is InChI=1S/C33H36N4O4/c1-33(2,3)26-14-10-22(11-15-26)30(38)24-7-5-9-27(19-24)34-32(39)25-8-6-18-37(20-25)21-29-35-31(36-41-29)23-12-16-28(40-4)17-13-23/h5,7,9-17,19,25H,6,8,18,20-21H2,1-4H3,(H,34,39). The average Bonchev–Trinajstić information content (AvgIpc) is 3.45. The highest BCUT2D eigenvalue weighted by molar-refractivity contribution is 6.09. The molecule has 1 aliphatic heterocycles. The van der Waals surface area contributed by atoms with Gasteiger partial charge in [0.2, 0.25) is 17.6 Å². The third kappa shape index (κ3) is 6.89. The summed E-state index contributed by atoms with van der Waals surface area (Å²) in [5.41, 5.74) is 3.82. The molecule has 1 fully saturated rings. The van der Waals surface area contributed by atoms with Gasteiger partial charge in [0.1, 0.15) is 5.75 Å². The summed E-state index contributed by atoms with van der Waals surface area (Å²) in [5.74, 6) is 1.49. The summed E-state index contributed by atoms with van der Waals surface area (Å²) >= 11 is 0. The molecule has 3 aromatic carbocycles. The van der Waals surface area contributed by atoms with Gasteiger partial charge >= 0.3 is 0 Å². The molecule has 5 rings (SSSR count). The van der Waals surface area contributed by atoms with Gasteiger partial charge in [-0.15, -0.1) is 0 Å². The number of carbonyl (C=O) groups is 2. The van der Waals surface area contributed by atoms with E-state index < -0.39 is 0 Å². The molecular weight excluding hydrogens is 516 g/mol. The fraction of sp³-hybridized carbons (Fsp3) is 0.333. The SMILES string of the molecule is COc1ccc(-c2noc(CN3CCCC(C(=O)Nc4cccc(C(=O)c5ccc(C(C)(C)C)cc5)c4)C3)n2)cc1. The van der Waals surface area contributed by atoms with Crippen LogP contribution in [0.15, 0.2) is 77.3 Å². The first-order valence-electron chi connectivity index (χ1n) is 13.9. The van der Waals surface area contributed by atoms with E-state index in [4.69, 9.17) is 9.26 Å². The molecule has 8 heteroatoms. The third-order valence-electron chi connectivity index (χ3n) is 7.46. The van der Waals surface area contributed by atoms with Crippen molar-refractivity contribution in [3.63, 3.8) is 0 Å². The van der Waals surface area contributed by atoms with Gasteiger partial charge in [-0.1, -0.05) is 62.3 Å². The molecule has 1 unspecified atom stereocenters. The summed E-state index contributed by atoms with van der Waals surface area (Å²) in [4.78, 5) is 33.1. The molecule has 0 aliphatic carbocycles. The Hall–Kier alpha value is -4.30. The van der Waals surface area contributed by atoms with Gasteiger partial charge in [-0.3, -0.25) is 14.5 Å². The molecule has 8 nitrogen and oxygen atoms in total. The van der Waals surface area contributed by atoms with Crippen molar-refractivity contribution < 1.29 is 18.8 Å². The maximum absolute atomic E-state index is 13.2. The highest BCUT2D eigenvalue weighted by Gasteiger charge is 2.27. The minimum atomic E-state index is -0.183. The number of aromatic nitrogens is 2. The summed E-state index contributed by atoms with van der Waals surface area (Å²) in [6.45, 7) is 8.35. The van der Waals surface area contributed by atoms with Crippen LogP contribution >= 0.6 is 0 Å². The number of hydrogen-bond donors (Lipinski definition) is 1. The average molecular weight is 553 g/mol. The molecular formula is C33H36N4O4. The summed E-state index contributed by atoms with van der Waals surface area (Å²) in [5, 5.41) is 7.14. The number of likely N-dealkylation sites (tertiary alicyclic amines) is 1. The summed E-state index contributed by atoms with van der Waals surface area (Å²) in [6.07, 6.45) is 1.68. The molecule has 41 heavy (non-hydrogen) atoms. The number of anilines is 1. The molecule has 0 bridgehead atoms. The second kappa shape index (κ2) is 12.1. The molecule has 1 aromatic heterocycles. The fourth-order valence-corrected chi connectivity index (χ4v) is 5.05. The van der Waals surface area contributed by atoms with Crippen LogP contribution in [0, 0.1) is 5.92 Å². The molecule has 4 aromatic rings. The lowest BCUT2D eigenvalue weighted by Gasteiger charge is -2.30. The Morgan fingerprint density at radius 3 is 2.49 bits per heavy atom. The number of piperidine rings is 1. The molecule has 1 aliphatic rings. The van der Waals surface area contributed by atoms with Crippen molar-refractivity contribution >= 4 is 17.4 Å². The maximum atomic E-state index is 13.2. The quantitative estimate of drug-likeness (QED) is 0.263. The summed E-state index contributed by atoms with van der Waals surface area (Å²) in [7, 11) is 1.62. The van der Waals surface area contributed by atoms with E-state index in [0.29, 0.717) is 41.6 Å². The number of rotatable bonds is 8. The predicted molar refractivity (Wildman–Crippen MR) is 158 cm³/mol. The van der Waals surface area contributed by atoms with Crippen LogP contribution in [-0.4, -0.2) is 46.9 Å². The lowest BCUT2D eigenvalue weighted by Crippen LogP contribution is -2.40. The molecule has 1 atom stereocenters. The second-order valence-corrected chi connectivity index (χ2v) is 11.5. The molecule has 0 spiro atoms. The van der Waals surface area contributed by atoms with Crippen molar-refractivity contribution in [2.45, 2.75) is 45.6 Å². The van der Waals surface area contributed by atoms with Crippen molar-refractivity contribution in [1.82, 2.24) is 15.0 Å². The highest BCUT2D eigenvalue weighted by Crippen LogP contribution is 2.25. The van der Waals surface area contributed by atoms with E-state index >= 15 is 0 Å². The monoisotopic (exact) mass is 552 g/mol. The van der Waals surface area contributed by atoms with Crippen LogP contribution in [0.25, 0.3) is 11.4 Å². The predicted octanol–water partition coefficient (Wildman–Crippen LogP) is 6.12. The van der Waals surface area contributed by atoms with E-state index in [-0.39, 0.29) is 23.0 Å². The first kappa shape index (κ1) is 28.2. The Kier molecular flexibility index (Phi) is 8.31. The second-order valence-electron chi connectivity index (χ2n) is 11.5. The largest absolute Gasteiger partial charge is 0.497 e. The van der Waals surface area contributed by atoms with Crippen molar-refractivity contribution in [3.05, 3.63) is 95.4 Å². The number of methoxy groups -OCH3 is 1. The highest BCUT2D eigenvalue weighted by atomic mass is 16.5. The lowest BCUT2D eigenvalue weighted by atomic mass is 9.86. The third-order valence-corrected chi connectivity index (χ3v) is 7.46. The van der Waals surface area contributed by atoms with E-state index in [1.807, 2.05) is 54.6 Å². The van der Waals surface area contributed by atoms with Crippen LogP contribution in [0.1, 0.15) is 61.0 Å². The number of ketones is 1. The molecule has 0 radical (unpaired) electrons. The first-order valence-corrected chi connectivity index (χ1v) is 13.9. The van der Waals surface area contributed by atoms with Gasteiger partial charge in [0.15, 0.2) is 5.78 Å². The van der Waals surface area contributed by atoms with Gasteiger partial charge in [-0.05, 0) is 66.8 Å². The Labute approximate surface area is 240 Å². The Morgan fingerprint density at radius 1 is 1.02 bits per heavy atom. The number of benzene rings is 3. The number of hydrogen-bond acceptors (Lipinski definition) is 7. The molecule has 2 heterocycles. The van der Waals surface area contributed by atoms with Gasteiger partial charge in [-0.2, -0.15) is 4.98 Å². The Bertz CT molecular complexity index is 1500. The molecule has 1 saturated heterocycles. The van der Waals surface area contributed by atoms with Gasteiger partial charge in [0.25, 0.3) is 0 Å². The molecule has 0 saturated carbocycles. The number of ether oxygens (including phenoxy) is 1. The zero-order valence-electron chi connectivity index (χ0n) is 24.0. The van der Waals surface area contributed by atoms with Crippen molar-refractivity contribution in [3.8, 4) is 17.1 Å². The van der Waals surface area contributed by atoms with Crippen LogP contribution in [0.5, 0.6) is 5.75 Å². The molecule has 1 N–H and O–H groups in total. The van der Waals surface area contributed by atoms with Gasteiger partial charge < -0.3 is 14.6 Å². The lowest BCUT2D eigenvalue weighted by molar-refractivity contribution is -0.121.